The number of H-pyrrole nitrogens is 1. The second-order valence-electron chi connectivity index (χ2n) is 8.77. The van der Waals surface area contributed by atoms with Gasteiger partial charge in [0.15, 0.2) is 11.4 Å². The molecule has 182 valence electrons. The molecule has 7 heteroatoms. The zero-order valence-electron chi connectivity index (χ0n) is 20.2. The first kappa shape index (κ1) is 23.2. The molecule has 0 fully saturated rings. The quantitative estimate of drug-likeness (QED) is 0.226. The van der Waals surface area contributed by atoms with Crippen LogP contribution in [0, 0.1) is 6.92 Å². The number of halogens is 1. The Hall–Kier alpha value is -4.23. The number of hydrogen-bond donors (Lipinski definition) is 1. The molecule has 6 aromatic rings. The highest BCUT2D eigenvalue weighted by Gasteiger charge is 2.22. The van der Waals surface area contributed by atoms with Gasteiger partial charge in [-0.1, -0.05) is 60.7 Å². The predicted octanol–water partition coefficient (Wildman–Crippen LogP) is 7.37. The highest BCUT2D eigenvalue weighted by Crippen LogP contribution is 2.38. The van der Waals surface area contributed by atoms with E-state index >= 15 is 0 Å². The Morgan fingerprint density at radius 1 is 0.946 bits per heavy atom. The molecule has 6 rings (SSSR count). The van der Waals surface area contributed by atoms with Crippen molar-refractivity contribution in [2.24, 2.45) is 0 Å². The molecule has 0 aliphatic rings. The maximum absolute atomic E-state index is 12.7. The SMILES string of the molecule is COC(=O)c1nc(-c2ccc3ccc(Br)c(OCc4ccccc4)c3n2)c2[nH]c3ccccc3c2c1C. The fraction of sp³-hybridized carbons (Fsp3) is 0.100. The summed E-state index contributed by atoms with van der Waals surface area (Å²) in [4.78, 5) is 26.0. The van der Waals surface area contributed by atoms with Crippen LogP contribution in [0.3, 0.4) is 0 Å². The van der Waals surface area contributed by atoms with Crippen molar-refractivity contribution in [3.05, 3.63) is 100 Å². The number of ether oxygens (including phenoxy) is 2. The van der Waals surface area contributed by atoms with Gasteiger partial charge in [0.25, 0.3) is 0 Å². The number of pyridine rings is 2. The number of carbonyl (C=O) groups is 1. The number of benzene rings is 3. The summed E-state index contributed by atoms with van der Waals surface area (Å²) in [6.45, 7) is 2.30. The largest absolute Gasteiger partial charge is 0.485 e. The predicted molar refractivity (Wildman–Crippen MR) is 149 cm³/mol. The molecule has 0 radical (unpaired) electrons. The van der Waals surface area contributed by atoms with Gasteiger partial charge in [0.2, 0.25) is 0 Å². The van der Waals surface area contributed by atoms with Crippen molar-refractivity contribution in [2.45, 2.75) is 13.5 Å². The van der Waals surface area contributed by atoms with Crippen LogP contribution in [0.5, 0.6) is 5.75 Å². The maximum Gasteiger partial charge on any atom is 0.356 e. The minimum atomic E-state index is -0.485. The lowest BCUT2D eigenvalue weighted by molar-refractivity contribution is 0.0593. The molecule has 3 heterocycles. The Labute approximate surface area is 221 Å². The molecule has 0 amide bonds. The van der Waals surface area contributed by atoms with Crippen LogP contribution >= 0.6 is 15.9 Å². The summed E-state index contributed by atoms with van der Waals surface area (Å²) in [5.41, 5.74) is 5.77. The van der Waals surface area contributed by atoms with Crippen molar-refractivity contribution in [1.82, 2.24) is 15.0 Å². The number of aromatic nitrogens is 3. The van der Waals surface area contributed by atoms with E-state index in [1.54, 1.807) is 0 Å². The molecule has 0 bridgehead atoms. The third-order valence-corrected chi connectivity index (χ3v) is 7.14. The van der Waals surface area contributed by atoms with Crippen LogP contribution in [0.4, 0.5) is 0 Å². The van der Waals surface area contributed by atoms with Gasteiger partial charge in [-0.3, -0.25) is 0 Å². The van der Waals surface area contributed by atoms with E-state index in [0.29, 0.717) is 29.3 Å². The molecule has 3 aromatic heterocycles. The molecular weight excluding hydrogens is 530 g/mol. The van der Waals surface area contributed by atoms with E-state index in [4.69, 9.17) is 19.4 Å². The van der Waals surface area contributed by atoms with E-state index in [-0.39, 0.29) is 5.69 Å². The fourth-order valence-electron chi connectivity index (χ4n) is 4.70. The van der Waals surface area contributed by atoms with E-state index in [0.717, 1.165) is 42.8 Å². The maximum atomic E-state index is 12.7. The molecule has 1 N–H and O–H groups in total. The van der Waals surface area contributed by atoms with Gasteiger partial charge in [-0.2, -0.15) is 0 Å². The van der Waals surface area contributed by atoms with E-state index in [1.807, 2.05) is 85.8 Å². The monoisotopic (exact) mass is 551 g/mol. The molecule has 0 aliphatic carbocycles. The minimum Gasteiger partial charge on any atom is -0.485 e. The number of esters is 1. The summed E-state index contributed by atoms with van der Waals surface area (Å²) >= 11 is 3.64. The van der Waals surface area contributed by atoms with Crippen LogP contribution in [0.1, 0.15) is 21.6 Å². The number of nitrogens with one attached hydrogen (secondary N) is 1. The summed E-state index contributed by atoms with van der Waals surface area (Å²) in [6.07, 6.45) is 0. The van der Waals surface area contributed by atoms with Crippen LogP contribution in [-0.2, 0) is 11.3 Å². The number of methoxy groups -OCH3 is 1. The van der Waals surface area contributed by atoms with Gasteiger partial charge in [-0.15, -0.1) is 0 Å². The van der Waals surface area contributed by atoms with Crippen molar-refractivity contribution in [3.63, 3.8) is 0 Å². The average Bonchev–Trinajstić information content (AvgIpc) is 3.33. The molecule has 0 atom stereocenters. The molecule has 0 saturated carbocycles. The van der Waals surface area contributed by atoms with Gasteiger partial charge in [-0.25, -0.2) is 14.8 Å². The summed E-state index contributed by atoms with van der Waals surface area (Å²) in [7, 11) is 1.37. The molecule has 3 aromatic carbocycles. The number of aryl methyl sites for hydroxylation is 1. The number of hydrogen-bond acceptors (Lipinski definition) is 5. The number of carbonyl (C=O) groups excluding carboxylic acids is 1. The third kappa shape index (κ3) is 4.01. The lowest BCUT2D eigenvalue weighted by Crippen LogP contribution is -2.09. The minimum absolute atomic E-state index is 0.270. The zero-order valence-corrected chi connectivity index (χ0v) is 21.8. The van der Waals surface area contributed by atoms with Gasteiger partial charge in [-0.05, 0) is 52.2 Å². The summed E-state index contributed by atoms with van der Waals surface area (Å²) in [6, 6.07) is 25.9. The van der Waals surface area contributed by atoms with Crippen LogP contribution in [0.25, 0.3) is 44.1 Å². The normalized spacial score (nSPS) is 11.3. The Kier molecular flexibility index (Phi) is 5.85. The second kappa shape index (κ2) is 9.33. The highest BCUT2D eigenvalue weighted by atomic mass is 79.9. The van der Waals surface area contributed by atoms with Gasteiger partial charge < -0.3 is 14.5 Å². The first-order valence-corrected chi connectivity index (χ1v) is 12.6. The lowest BCUT2D eigenvalue weighted by atomic mass is 10.0. The van der Waals surface area contributed by atoms with Crippen LogP contribution in [0.2, 0.25) is 0 Å². The van der Waals surface area contributed by atoms with Crippen molar-refractivity contribution >= 4 is 54.6 Å². The van der Waals surface area contributed by atoms with Crippen molar-refractivity contribution in [2.75, 3.05) is 7.11 Å². The van der Waals surface area contributed by atoms with Gasteiger partial charge in [0, 0.05) is 21.7 Å². The summed E-state index contributed by atoms with van der Waals surface area (Å²) in [5, 5.41) is 2.88. The first-order chi connectivity index (χ1) is 18.0. The highest BCUT2D eigenvalue weighted by molar-refractivity contribution is 9.10. The summed E-state index contributed by atoms with van der Waals surface area (Å²) in [5.74, 6) is 0.165. The van der Waals surface area contributed by atoms with Gasteiger partial charge >= 0.3 is 5.97 Å². The molecule has 37 heavy (non-hydrogen) atoms. The fourth-order valence-corrected chi connectivity index (χ4v) is 5.13. The van der Waals surface area contributed by atoms with Crippen LogP contribution in [0.15, 0.2) is 83.3 Å². The number of para-hydroxylation sites is 1. The molecular formula is C30H22BrN3O3. The molecule has 0 saturated heterocycles. The van der Waals surface area contributed by atoms with E-state index < -0.39 is 5.97 Å². The first-order valence-electron chi connectivity index (χ1n) is 11.8. The van der Waals surface area contributed by atoms with E-state index in [9.17, 15) is 4.79 Å². The molecule has 0 aliphatic heterocycles. The number of fused-ring (bicyclic) bond motifs is 4. The zero-order chi connectivity index (χ0) is 25.5. The average molecular weight is 552 g/mol. The standard InChI is InChI=1S/C30H22BrN3O3/c1-17-24-20-10-6-7-11-22(20)32-28(24)27(34-25(17)30(35)36-2)23-15-13-19-12-14-21(31)29(26(19)33-23)37-16-18-8-4-3-5-9-18/h3-15,32H,16H2,1-2H3. The Morgan fingerprint density at radius 2 is 1.70 bits per heavy atom. The van der Waals surface area contributed by atoms with Gasteiger partial charge in [0.05, 0.1) is 22.8 Å². The van der Waals surface area contributed by atoms with E-state index in [1.165, 1.54) is 7.11 Å². The Balaban J connectivity index is 1.57. The third-order valence-electron chi connectivity index (χ3n) is 6.51. The Bertz CT molecular complexity index is 1810. The van der Waals surface area contributed by atoms with Gasteiger partial charge in [0.1, 0.15) is 17.8 Å². The topological polar surface area (TPSA) is 77.1 Å². The van der Waals surface area contributed by atoms with Crippen molar-refractivity contribution in [1.29, 1.82) is 0 Å². The van der Waals surface area contributed by atoms with E-state index in [2.05, 4.69) is 20.9 Å². The lowest BCUT2D eigenvalue weighted by Gasteiger charge is -2.13. The van der Waals surface area contributed by atoms with Crippen molar-refractivity contribution in [3.8, 4) is 17.1 Å². The molecule has 0 unspecified atom stereocenters. The molecule has 0 spiro atoms. The van der Waals surface area contributed by atoms with Crippen molar-refractivity contribution < 1.29 is 14.3 Å². The smallest absolute Gasteiger partial charge is 0.356 e. The number of aromatic amines is 1. The summed E-state index contributed by atoms with van der Waals surface area (Å²) < 4.78 is 12.1. The number of rotatable bonds is 5. The van der Waals surface area contributed by atoms with Crippen LogP contribution < -0.4 is 4.74 Å². The molecule has 6 nitrogen and oxygen atoms in total. The second-order valence-corrected chi connectivity index (χ2v) is 9.62. The Morgan fingerprint density at radius 3 is 2.51 bits per heavy atom. The van der Waals surface area contributed by atoms with Crippen LogP contribution in [-0.4, -0.2) is 28.0 Å². The number of nitrogens with zero attached hydrogens (tertiary/aromatic N) is 2.